The minimum atomic E-state index is -0.500. The van der Waals surface area contributed by atoms with E-state index >= 15 is 0 Å². The van der Waals surface area contributed by atoms with Crippen molar-refractivity contribution in [2.24, 2.45) is 5.41 Å². The van der Waals surface area contributed by atoms with E-state index in [1.165, 1.54) is 0 Å². The zero-order valence-corrected chi connectivity index (χ0v) is 12.9. The van der Waals surface area contributed by atoms with Crippen LogP contribution in [-0.2, 0) is 4.79 Å². The van der Waals surface area contributed by atoms with Crippen molar-refractivity contribution in [3.05, 3.63) is 29.8 Å². The first kappa shape index (κ1) is 16.2. The quantitative estimate of drug-likeness (QED) is 0.887. The predicted molar refractivity (Wildman–Crippen MR) is 81.7 cm³/mol. The highest BCUT2D eigenvalue weighted by atomic mass is 16.2. The average molecular weight is 276 g/mol. The normalized spacial score (nSPS) is 12.7. The topological polar surface area (TPSA) is 58.2 Å². The molecule has 1 aromatic carbocycles. The van der Waals surface area contributed by atoms with Crippen LogP contribution in [-0.4, -0.2) is 17.9 Å². The highest BCUT2D eigenvalue weighted by Gasteiger charge is 2.23. The Morgan fingerprint density at radius 2 is 1.80 bits per heavy atom. The van der Waals surface area contributed by atoms with Crippen LogP contribution in [0.25, 0.3) is 0 Å². The zero-order valence-electron chi connectivity index (χ0n) is 12.9. The molecule has 0 bridgehead atoms. The number of rotatable bonds is 4. The van der Waals surface area contributed by atoms with Crippen molar-refractivity contribution < 1.29 is 9.59 Å². The van der Waals surface area contributed by atoms with Crippen LogP contribution in [0.3, 0.4) is 0 Å². The van der Waals surface area contributed by atoms with Crippen molar-refractivity contribution in [1.29, 1.82) is 0 Å². The van der Waals surface area contributed by atoms with E-state index in [1.807, 2.05) is 34.6 Å². The van der Waals surface area contributed by atoms with Gasteiger partial charge in [0.15, 0.2) is 0 Å². The Morgan fingerprint density at radius 1 is 1.20 bits per heavy atom. The Balaban J connectivity index is 2.94. The lowest BCUT2D eigenvalue weighted by molar-refractivity contribution is -0.123. The first-order valence-electron chi connectivity index (χ1n) is 6.97. The van der Waals surface area contributed by atoms with Gasteiger partial charge in [-0.05, 0) is 25.5 Å². The maximum Gasteiger partial charge on any atom is 0.253 e. The van der Waals surface area contributed by atoms with Gasteiger partial charge in [0.2, 0.25) is 5.91 Å². The van der Waals surface area contributed by atoms with Gasteiger partial charge >= 0.3 is 0 Å². The Morgan fingerprint density at radius 3 is 2.35 bits per heavy atom. The lowest BCUT2D eigenvalue weighted by atomic mass is 9.95. The number of amides is 2. The minimum Gasteiger partial charge on any atom is -0.350 e. The number of hydrogen-bond acceptors (Lipinski definition) is 2. The second kappa shape index (κ2) is 6.55. The third kappa shape index (κ3) is 4.37. The lowest BCUT2D eigenvalue weighted by Gasteiger charge is -2.20. The van der Waals surface area contributed by atoms with E-state index in [2.05, 4.69) is 10.6 Å². The maximum atomic E-state index is 12.2. The van der Waals surface area contributed by atoms with E-state index in [-0.39, 0.29) is 17.9 Å². The third-order valence-electron chi connectivity index (χ3n) is 3.09. The number of anilines is 1. The standard InChI is InChI=1S/C16H24N2O2/c1-6-11(2)17-14(19)12-9-7-8-10-13(12)18-15(20)16(3,4)5/h7-11H,6H2,1-5H3,(H,17,19)(H,18,20)/t11-/m0/s1. The molecule has 0 fully saturated rings. The van der Waals surface area contributed by atoms with Gasteiger partial charge < -0.3 is 10.6 Å². The van der Waals surface area contributed by atoms with Gasteiger partial charge in [0, 0.05) is 11.5 Å². The fraction of sp³-hybridized carbons (Fsp3) is 0.500. The summed E-state index contributed by atoms with van der Waals surface area (Å²) >= 11 is 0. The Bertz CT molecular complexity index is 489. The fourth-order valence-corrected chi connectivity index (χ4v) is 1.50. The molecule has 0 saturated heterocycles. The third-order valence-corrected chi connectivity index (χ3v) is 3.09. The molecular formula is C16H24N2O2. The van der Waals surface area contributed by atoms with Gasteiger partial charge in [-0.1, -0.05) is 39.8 Å². The predicted octanol–water partition coefficient (Wildman–Crippen LogP) is 3.20. The molecule has 4 nitrogen and oxygen atoms in total. The van der Waals surface area contributed by atoms with Crippen LogP contribution in [0.15, 0.2) is 24.3 Å². The summed E-state index contributed by atoms with van der Waals surface area (Å²) in [6.07, 6.45) is 0.863. The molecular weight excluding hydrogens is 252 g/mol. The van der Waals surface area contributed by atoms with Crippen LogP contribution in [0.5, 0.6) is 0 Å². The number of benzene rings is 1. The molecule has 20 heavy (non-hydrogen) atoms. The summed E-state index contributed by atoms with van der Waals surface area (Å²) in [7, 11) is 0. The molecule has 110 valence electrons. The summed E-state index contributed by atoms with van der Waals surface area (Å²) < 4.78 is 0. The maximum absolute atomic E-state index is 12.2. The molecule has 0 aliphatic rings. The van der Waals surface area contributed by atoms with E-state index in [9.17, 15) is 9.59 Å². The van der Waals surface area contributed by atoms with Gasteiger partial charge in [0.25, 0.3) is 5.91 Å². The molecule has 0 radical (unpaired) electrons. The van der Waals surface area contributed by atoms with Crippen LogP contribution in [0.1, 0.15) is 51.4 Å². The highest BCUT2D eigenvalue weighted by Crippen LogP contribution is 2.20. The second-order valence-electron chi connectivity index (χ2n) is 6.03. The lowest BCUT2D eigenvalue weighted by Crippen LogP contribution is -2.33. The molecule has 0 aliphatic carbocycles. The van der Waals surface area contributed by atoms with E-state index in [0.717, 1.165) is 6.42 Å². The number of carbonyl (C=O) groups excluding carboxylic acids is 2. The minimum absolute atomic E-state index is 0.105. The molecule has 0 aromatic heterocycles. The summed E-state index contributed by atoms with van der Waals surface area (Å²) in [5.74, 6) is -0.273. The average Bonchev–Trinajstić information content (AvgIpc) is 2.37. The van der Waals surface area contributed by atoms with Gasteiger partial charge in [-0.2, -0.15) is 0 Å². The Kier molecular flexibility index (Phi) is 5.31. The van der Waals surface area contributed by atoms with Crippen molar-refractivity contribution in [1.82, 2.24) is 5.32 Å². The zero-order chi connectivity index (χ0) is 15.3. The first-order chi connectivity index (χ1) is 9.25. The van der Waals surface area contributed by atoms with Crippen LogP contribution in [0.4, 0.5) is 5.69 Å². The molecule has 1 rings (SSSR count). The molecule has 2 N–H and O–H groups in total. The molecule has 0 aliphatic heterocycles. The van der Waals surface area contributed by atoms with Gasteiger partial charge in [-0.25, -0.2) is 0 Å². The molecule has 0 saturated carbocycles. The number of hydrogen-bond donors (Lipinski definition) is 2. The second-order valence-corrected chi connectivity index (χ2v) is 6.03. The van der Waals surface area contributed by atoms with E-state index in [1.54, 1.807) is 24.3 Å². The Hall–Kier alpha value is -1.84. The van der Waals surface area contributed by atoms with Crippen molar-refractivity contribution in [2.45, 2.75) is 47.1 Å². The van der Waals surface area contributed by atoms with Gasteiger partial charge in [-0.3, -0.25) is 9.59 Å². The SMILES string of the molecule is CC[C@H](C)NC(=O)c1ccccc1NC(=O)C(C)(C)C. The largest absolute Gasteiger partial charge is 0.350 e. The first-order valence-corrected chi connectivity index (χ1v) is 6.97. The summed E-state index contributed by atoms with van der Waals surface area (Å²) in [6, 6.07) is 7.16. The summed E-state index contributed by atoms with van der Waals surface area (Å²) in [6.45, 7) is 9.48. The molecule has 0 unspecified atom stereocenters. The fourth-order valence-electron chi connectivity index (χ4n) is 1.50. The number of para-hydroxylation sites is 1. The van der Waals surface area contributed by atoms with Gasteiger partial charge in [0.05, 0.1) is 11.3 Å². The molecule has 0 spiro atoms. The monoisotopic (exact) mass is 276 g/mol. The van der Waals surface area contributed by atoms with Crippen LogP contribution >= 0.6 is 0 Å². The summed E-state index contributed by atoms with van der Waals surface area (Å²) in [4.78, 5) is 24.2. The van der Waals surface area contributed by atoms with Crippen molar-refractivity contribution in [3.63, 3.8) is 0 Å². The van der Waals surface area contributed by atoms with Gasteiger partial charge in [-0.15, -0.1) is 0 Å². The number of carbonyl (C=O) groups is 2. The summed E-state index contributed by atoms with van der Waals surface area (Å²) in [5, 5.41) is 5.73. The molecule has 2 amide bonds. The van der Waals surface area contributed by atoms with Crippen LogP contribution in [0.2, 0.25) is 0 Å². The van der Waals surface area contributed by atoms with Crippen LogP contribution in [0, 0.1) is 5.41 Å². The van der Waals surface area contributed by atoms with Crippen molar-refractivity contribution >= 4 is 17.5 Å². The molecule has 0 heterocycles. The highest BCUT2D eigenvalue weighted by molar-refractivity contribution is 6.04. The number of nitrogens with one attached hydrogen (secondary N) is 2. The van der Waals surface area contributed by atoms with Crippen LogP contribution < -0.4 is 10.6 Å². The smallest absolute Gasteiger partial charge is 0.253 e. The molecule has 1 atom stereocenters. The summed E-state index contributed by atoms with van der Waals surface area (Å²) in [5.41, 5.74) is 0.541. The molecule has 4 heteroatoms. The van der Waals surface area contributed by atoms with E-state index in [4.69, 9.17) is 0 Å². The van der Waals surface area contributed by atoms with Crippen molar-refractivity contribution in [3.8, 4) is 0 Å². The van der Waals surface area contributed by atoms with E-state index in [0.29, 0.717) is 11.3 Å². The van der Waals surface area contributed by atoms with Gasteiger partial charge in [0.1, 0.15) is 0 Å². The Labute approximate surface area is 121 Å². The van der Waals surface area contributed by atoms with Crippen molar-refractivity contribution in [2.75, 3.05) is 5.32 Å². The van der Waals surface area contributed by atoms with E-state index < -0.39 is 5.41 Å². The molecule has 1 aromatic rings.